The van der Waals surface area contributed by atoms with Gasteiger partial charge in [0, 0.05) is 22.0 Å². The highest BCUT2D eigenvalue weighted by molar-refractivity contribution is 6.35. The van der Waals surface area contributed by atoms with E-state index < -0.39 is 5.60 Å². The monoisotopic (exact) mass is 276 g/mol. The van der Waals surface area contributed by atoms with Gasteiger partial charge in [0.25, 0.3) is 0 Å². The Morgan fingerprint density at radius 3 is 2.56 bits per heavy atom. The van der Waals surface area contributed by atoms with E-state index >= 15 is 0 Å². The van der Waals surface area contributed by atoms with Crippen LogP contribution in [0.25, 0.3) is 0 Å². The maximum Gasteiger partial charge on any atom is 0.165 e. The second-order valence-corrected chi connectivity index (χ2v) is 4.38. The van der Waals surface area contributed by atoms with Gasteiger partial charge in [-0.2, -0.15) is 0 Å². The molecule has 0 aliphatic carbocycles. The molecule has 4 heteroatoms. The molecule has 1 N–H and O–H groups in total. The number of benzene rings is 1. The quantitative estimate of drug-likeness (QED) is 0.643. The summed E-state index contributed by atoms with van der Waals surface area (Å²) in [5.74, 6) is 5.48. The van der Waals surface area contributed by atoms with Crippen molar-refractivity contribution in [2.75, 3.05) is 5.88 Å². The summed E-state index contributed by atoms with van der Waals surface area (Å²) < 4.78 is 0. The number of halogens is 3. The molecule has 1 aromatic carbocycles. The van der Waals surface area contributed by atoms with E-state index in [2.05, 4.69) is 11.8 Å². The third-order valence-electron chi connectivity index (χ3n) is 2.04. The second kappa shape index (κ2) is 5.80. The first-order chi connectivity index (χ1) is 7.53. The zero-order valence-corrected chi connectivity index (χ0v) is 11.0. The molecule has 86 valence electrons. The molecule has 1 rings (SSSR count). The van der Waals surface area contributed by atoms with E-state index in [-0.39, 0.29) is 5.88 Å². The van der Waals surface area contributed by atoms with Crippen molar-refractivity contribution in [2.24, 2.45) is 0 Å². The Kier molecular flexibility index (Phi) is 4.95. The molecule has 1 nitrogen and oxygen atoms in total. The van der Waals surface area contributed by atoms with E-state index in [1.165, 1.54) is 0 Å². The molecule has 0 amide bonds. The summed E-state index contributed by atoms with van der Waals surface area (Å²) in [7, 11) is 0. The highest BCUT2D eigenvalue weighted by Gasteiger charge is 2.28. The van der Waals surface area contributed by atoms with Crippen molar-refractivity contribution in [1.82, 2.24) is 0 Å². The van der Waals surface area contributed by atoms with Crippen LogP contribution in [0.4, 0.5) is 0 Å². The number of hydrogen-bond donors (Lipinski definition) is 1. The van der Waals surface area contributed by atoms with Gasteiger partial charge in [-0.1, -0.05) is 42.1 Å². The van der Waals surface area contributed by atoms with Crippen molar-refractivity contribution in [1.29, 1.82) is 0 Å². The van der Waals surface area contributed by atoms with Crippen LogP contribution in [-0.2, 0) is 5.60 Å². The normalized spacial score (nSPS) is 13.8. The highest BCUT2D eigenvalue weighted by Crippen LogP contribution is 2.31. The van der Waals surface area contributed by atoms with Crippen LogP contribution in [0.3, 0.4) is 0 Å². The summed E-state index contributed by atoms with van der Waals surface area (Å²) >= 11 is 17.5. The van der Waals surface area contributed by atoms with E-state index in [9.17, 15) is 5.11 Å². The van der Waals surface area contributed by atoms with Crippen LogP contribution in [0.2, 0.25) is 10.0 Å². The van der Waals surface area contributed by atoms with Gasteiger partial charge in [0.1, 0.15) is 0 Å². The molecule has 0 aliphatic rings. The molecule has 1 aromatic rings. The van der Waals surface area contributed by atoms with Gasteiger partial charge < -0.3 is 5.11 Å². The first kappa shape index (κ1) is 13.7. The van der Waals surface area contributed by atoms with Crippen LogP contribution in [-0.4, -0.2) is 11.0 Å². The molecule has 0 fully saturated rings. The Labute approximate surface area is 110 Å². The molecular weight excluding hydrogens is 266 g/mol. The van der Waals surface area contributed by atoms with Crippen molar-refractivity contribution in [3.63, 3.8) is 0 Å². The van der Waals surface area contributed by atoms with Crippen molar-refractivity contribution >= 4 is 34.8 Å². The van der Waals surface area contributed by atoms with Gasteiger partial charge in [-0.25, -0.2) is 0 Å². The topological polar surface area (TPSA) is 20.2 Å². The smallest absolute Gasteiger partial charge is 0.165 e. The first-order valence-corrected chi connectivity index (χ1v) is 6.06. The van der Waals surface area contributed by atoms with Gasteiger partial charge in [0.15, 0.2) is 5.60 Å². The lowest BCUT2D eigenvalue weighted by molar-refractivity contribution is 0.126. The Balaban J connectivity index is 3.22. The third-order valence-corrected chi connectivity index (χ3v) is 2.98. The lowest BCUT2D eigenvalue weighted by Crippen LogP contribution is -2.26. The minimum atomic E-state index is -1.42. The van der Waals surface area contributed by atoms with Gasteiger partial charge >= 0.3 is 0 Å². The van der Waals surface area contributed by atoms with Crippen LogP contribution in [0.15, 0.2) is 18.2 Å². The molecule has 0 heterocycles. The standard InChI is InChI=1S/C12H11Cl3O/c1-2-3-6-12(16,8-13)10-5-4-9(14)7-11(10)15/h4-5,7,16H,2,8H2,1H3. The summed E-state index contributed by atoms with van der Waals surface area (Å²) in [5, 5.41) is 11.1. The Hall–Kier alpha value is -0.390. The summed E-state index contributed by atoms with van der Waals surface area (Å²) in [4.78, 5) is 0. The number of rotatable bonds is 2. The van der Waals surface area contributed by atoms with Crippen LogP contribution in [0.5, 0.6) is 0 Å². The Morgan fingerprint density at radius 2 is 2.06 bits per heavy atom. The molecular formula is C12H11Cl3O. The summed E-state index contributed by atoms with van der Waals surface area (Å²) in [6, 6.07) is 4.84. The van der Waals surface area contributed by atoms with Gasteiger partial charge in [-0.05, 0) is 12.1 Å². The highest BCUT2D eigenvalue weighted by atomic mass is 35.5. The maximum atomic E-state index is 10.3. The molecule has 0 aliphatic heterocycles. The van der Waals surface area contributed by atoms with E-state index in [1.807, 2.05) is 6.92 Å². The number of aliphatic hydroxyl groups is 1. The predicted molar refractivity (Wildman–Crippen MR) is 69.1 cm³/mol. The fourth-order valence-corrected chi connectivity index (χ4v) is 2.01. The van der Waals surface area contributed by atoms with Crippen LogP contribution in [0.1, 0.15) is 18.9 Å². The summed E-state index contributed by atoms with van der Waals surface area (Å²) in [5.41, 5.74) is -0.936. The fraction of sp³-hybridized carbons (Fsp3) is 0.333. The molecule has 0 spiro atoms. The SMILES string of the molecule is CCC#CC(O)(CCl)c1ccc(Cl)cc1Cl. The fourth-order valence-electron chi connectivity index (χ4n) is 1.23. The van der Waals surface area contributed by atoms with Crippen LogP contribution in [0, 0.1) is 11.8 Å². The van der Waals surface area contributed by atoms with Crippen molar-refractivity contribution < 1.29 is 5.11 Å². The average molecular weight is 278 g/mol. The van der Waals surface area contributed by atoms with Crippen LogP contribution >= 0.6 is 34.8 Å². The first-order valence-electron chi connectivity index (χ1n) is 4.77. The van der Waals surface area contributed by atoms with Crippen molar-refractivity contribution in [3.05, 3.63) is 33.8 Å². The minimum Gasteiger partial charge on any atom is -0.372 e. The average Bonchev–Trinajstić information content (AvgIpc) is 2.26. The predicted octanol–water partition coefficient (Wildman–Crippen LogP) is 3.83. The summed E-state index contributed by atoms with van der Waals surface area (Å²) in [6.45, 7) is 1.89. The number of alkyl halides is 1. The van der Waals surface area contributed by atoms with Crippen molar-refractivity contribution in [3.8, 4) is 11.8 Å². The lowest BCUT2D eigenvalue weighted by Gasteiger charge is -2.21. The Morgan fingerprint density at radius 1 is 1.38 bits per heavy atom. The van der Waals surface area contributed by atoms with Crippen molar-refractivity contribution in [2.45, 2.75) is 18.9 Å². The van der Waals surface area contributed by atoms with E-state index in [0.29, 0.717) is 22.0 Å². The van der Waals surface area contributed by atoms with E-state index in [4.69, 9.17) is 34.8 Å². The van der Waals surface area contributed by atoms with E-state index in [1.54, 1.807) is 18.2 Å². The van der Waals surface area contributed by atoms with Gasteiger partial charge in [-0.3, -0.25) is 0 Å². The maximum absolute atomic E-state index is 10.3. The van der Waals surface area contributed by atoms with Crippen LogP contribution < -0.4 is 0 Å². The Bertz CT molecular complexity index is 434. The molecule has 0 radical (unpaired) electrons. The zero-order valence-electron chi connectivity index (χ0n) is 8.73. The second-order valence-electron chi connectivity index (χ2n) is 3.27. The van der Waals surface area contributed by atoms with E-state index in [0.717, 1.165) is 0 Å². The molecule has 0 saturated heterocycles. The largest absolute Gasteiger partial charge is 0.372 e. The van der Waals surface area contributed by atoms with Gasteiger partial charge in [-0.15, -0.1) is 17.5 Å². The summed E-state index contributed by atoms with van der Waals surface area (Å²) in [6.07, 6.45) is 0.643. The molecule has 0 aromatic heterocycles. The zero-order chi connectivity index (χ0) is 12.2. The molecule has 1 unspecified atom stereocenters. The number of hydrogen-bond acceptors (Lipinski definition) is 1. The molecule has 1 atom stereocenters. The lowest BCUT2D eigenvalue weighted by atomic mass is 9.96. The minimum absolute atomic E-state index is 0.0403. The van der Waals surface area contributed by atoms with Gasteiger partial charge in [0.05, 0.1) is 5.88 Å². The molecule has 0 saturated carbocycles. The molecule has 16 heavy (non-hydrogen) atoms. The van der Waals surface area contributed by atoms with Gasteiger partial charge in [0.2, 0.25) is 0 Å². The third kappa shape index (κ3) is 3.06. The molecule has 0 bridgehead atoms.